The topological polar surface area (TPSA) is 44.8 Å². The molecule has 1 spiro atoms. The van der Waals surface area contributed by atoms with Crippen molar-refractivity contribution in [3.05, 3.63) is 53.1 Å². The second kappa shape index (κ2) is 7.05. The van der Waals surface area contributed by atoms with Crippen LogP contribution >= 0.6 is 0 Å². The Hall–Kier alpha value is -1.91. The molecule has 4 aliphatic carbocycles. The van der Waals surface area contributed by atoms with Crippen LogP contribution in [-0.4, -0.2) is 31.9 Å². The molecule has 164 valence electrons. The fourth-order valence-corrected chi connectivity index (χ4v) is 7.45. The Kier molecular flexibility index (Phi) is 4.49. The molecule has 1 saturated heterocycles. The first-order chi connectivity index (χ1) is 15.0. The van der Waals surface area contributed by atoms with Crippen molar-refractivity contribution in [1.82, 2.24) is 0 Å². The number of methoxy groups -OCH3 is 1. The van der Waals surface area contributed by atoms with Gasteiger partial charge in [-0.2, -0.15) is 0 Å². The molecule has 0 radical (unpaired) electrons. The van der Waals surface area contributed by atoms with Crippen LogP contribution in [0.2, 0.25) is 0 Å². The summed E-state index contributed by atoms with van der Waals surface area (Å²) in [6.45, 7) is 3.57. The number of ether oxygens (including phenoxy) is 3. The molecule has 4 nitrogen and oxygen atoms in total. The summed E-state index contributed by atoms with van der Waals surface area (Å²) in [5, 5.41) is 0. The van der Waals surface area contributed by atoms with Crippen LogP contribution in [0.15, 0.2) is 47.6 Å². The van der Waals surface area contributed by atoms with Crippen molar-refractivity contribution in [1.29, 1.82) is 0 Å². The molecule has 0 unspecified atom stereocenters. The fraction of sp³-hybridized carbons (Fsp3) is 0.593. The summed E-state index contributed by atoms with van der Waals surface area (Å²) >= 11 is 0. The summed E-state index contributed by atoms with van der Waals surface area (Å²) < 4.78 is 17.8. The lowest BCUT2D eigenvalue weighted by atomic mass is 9.52. The minimum absolute atomic E-state index is 0.213. The second-order valence-corrected chi connectivity index (χ2v) is 10.3. The number of benzene rings is 1. The van der Waals surface area contributed by atoms with Crippen LogP contribution in [0.5, 0.6) is 5.75 Å². The molecular formula is C27H32O4. The molecule has 0 bridgehead atoms. The molecule has 31 heavy (non-hydrogen) atoms. The summed E-state index contributed by atoms with van der Waals surface area (Å²) in [6.07, 6.45) is 10.4. The lowest BCUT2D eigenvalue weighted by Crippen LogP contribution is -2.48. The smallest absolute Gasteiger partial charge is 0.172 e. The number of Topliss-reactive ketones (excluding diaryl/α,β-unsaturated/α-hetero) is 1. The number of ketones is 1. The predicted octanol–water partition coefficient (Wildman–Crippen LogP) is 5.19. The zero-order valence-corrected chi connectivity index (χ0v) is 18.6. The second-order valence-electron chi connectivity index (χ2n) is 10.3. The van der Waals surface area contributed by atoms with Gasteiger partial charge in [-0.05, 0) is 67.6 Å². The van der Waals surface area contributed by atoms with Crippen LogP contribution < -0.4 is 4.74 Å². The Morgan fingerprint density at radius 2 is 1.84 bits per heavy atom. The normalized spacial score (nSPS) is 38.2. The van der Waals surface area contributed by atoms with E-state index in [9.17, 15) is 4.79 Å². The monoisotopic (exact) mass is 420 g/mol. The summed E-state index contributed by atoms with van der Waals surface area (Å²) in [7, 11) is 1.72. The average Bonchev–Trinajstić information content (AvgIpc) is 3.37. The van der Waals surface area contributed by atoms with Crippen LogP contribution in [0.3, 0.4) is 0 Å². The van der Waals surface area contributed by atoms with E-state index in [0.29, 0.717) is 49.1 Å². The van der Waals surface area contributed by atoms with Crippen molar-refractivity contribution < 1.29 is 19.0 Å². The van der Waals surface area contributed by atoms with E-state index in [1.165, 1.54) is 16.7 Å². The molecule has 5 aliphatic rings. The van der Waals surface area contributed by atoms with Gasteiger partial charge in [0.05, 0.1) is 20.3 Å². The van der Waals surface area contributed by atoms with E-state index >= 15 is 0 Å². The first-order valence-electron chi connectivity index (χ1n) is 11.9. The maximum absolute atomic E-state index is 12.7. The van der Waals surface area contributed by atoms with Gasteiger partial charge in [0.15, 0.2) is 5.79 Å². The van der Waals surface area contributed by atoms with E-state index in [0.717, 1.165) is 37.9 Å². The molecular weight excluding hydrogens is 388 g/mol. The largest absolute Gasteiger partial charge is 0.497 e. The zero-order valence-electron chi connectivity index (χ0n) is 18.6. The third-order valence-electron chi connectivity index (χ3n) is 8.97. The molecule has 5 atom stereocenters. The van der Waals surface area contributed by atoms with Gasteiger partial charge in [-0.3, -0.25) is 4.79 Å². The Bertz CT molecular complexity index is 952. The van der Waals surface area contributed by atoms with Gasteiger partial charge >= 0.3 is 0 Å². The maximum Gasteiger partial charge on any atom is 0.172 e. The summed E-state index contributed by atoms with van der Waals surface area (Å²) in [6, 6.07) is 8.60. The number of allylic oxidation sites excluding steroid dienone is 3. The molecule has 0 N–H and O–H groups in total. The summed E-state index contributed by atoms with van der Waals surface area (Å²) in [4.78, 5) is 12.7. The number of hydrogen-bond acceptors (Lipinski definition) is 4. The van der Waals surface area contributed by atoms with E-state index in [-0.39, 0.29) is 5.41 Å². The van der Waals surface area contributed by atoms with Crippen molar-refractivity contribution in [2.75, 3.05) is 20.3 Å². The number of hydrogen-bond donors (Lipinski definition) is 0. The molecule has 1 aromatic carbocycles. The van der Waals surface area contributed by atoms with Gasteiger partial charge in [0.1, 0.15) is 11.5 Å². The van der Waals surface area contributed by atoms with Gasteiger partial charge < -0.3 is 14.2 Å². The molecule has 0 amide bonds. The molecule has 6 rings (SSSR count). The average molecular weight is 421 g/mol. The van der Waals surface area contributed by atoms with Crippen LogP contribution in [0.25, 0.3) is 0 Å². The Morgan fingerprint density at radius 1 is 1.06 bits per heavy atom. The quantitative estimate of drug-likeness (QED) is 0.618. The molecule has 4 heteroatoms. The molecule has 1 aliphatic heterocycles. The van der Waals surface area contributed by atoms with E-state index in [2.05, 4.69) is 43.3 Å². The van der Waals surface area contributed by atoms with E-state index < -0.39 is 5.79 Å². The third-order valence-corrected chi connectivity index (χ3v) is 8.97. The van der Waals surface area contributed by atoms with E-state index in [4.69, 9.17) is 14.2 Å². The number of fused-ring (bicyclic) bond motifs is 5. The minimum atomic E-state index is -0.467. The van der Waals surface area contributed by atoms with Gasteiger partial charge in [-0.25, -0.2) is 0 Å². The van der Waals surface area contributed by atoms with Crippen molar-refractivity contribution in [2.45, 2.75) is 57.2 Å². The Morgan fingerprint density at radius 3 is 2.58 bits per heavy atom. The third kappa shape index (κ3) is 2.91. The summed E-state index contributed by atoms with van der Waals surface area (Å²) in [5.74, 6) is 2.80. The summed E-state index contributed by atoms with van der Waals surface area (Å²) in [5.41, 5.74) is 4.09. The van der Waals surface area contributed by atoms with Crippen molar-refractivity contribution in [3.63, 3.8) is 0 Å². The highest BCUT2D eigenvalue weighted by molar-refractivity contribution is 5.92. The van der Waals surface area contributed by atoms with Gasteiger partial charge in [0.2, 0.25) is 0 Å². The standard InChI is InChI=1S/C27H32O4/c1-26-12-11-21-20(23(26)9-10-24(26)28)8-5-18-15-27(30-13-14-31-27)16-22(25(18)21)17-3-6-19(29-2)7-4-17/h3-7,9,20-22,25H,8,10-16H2,1-2H3/t20-,21+,22+,25+,26+/m1/s1. The van der Waals surface area contributed by atoms with E-state index in [1.54, 1.807) is 7.11 Å². The van der Waals surface area contributed by atoms with Crippen LogP contribution in [0.1, 0.15) is 56.9 Å². The van der Waals surface area contributed by atoms with Crippen molar-refractivity contribution >= 4 is 5.78 Å². The lowest BCUT2D eigenvalue weighted by Gasteiger charge is -2.53. The number of carbonyl (C=O) groups excluding carboxylic acids is 1. The highest BCUT2D eigenvalue weighted by Gasteiger charge is 2.56. The highest BCUT2D eigenvalue weighted by atomic mass is 16.7. The molecule has 2 saturated carbocycles. The number of rotatable bonds is 2. The minimum Gasteiger partial charge on any atom is -0.497 e. The van der Waals surface area contributed by atoms with Gasteiger partial charge in [-0.1, -0.05) is 35.4 Å². The van der Waals surface area contributed by atoms with Gasteiger partial charge in [0, 0.05) is 24.7 Å². The van der Waals surface area contributed by atoms with E-state index in [1.807, 2.05) is 0 Å². The van der Waals surface area contributed by atoms with Gasteiger partial charge in [-0.15, -0.1) is 0 Å². The maximum atomic E-state index is 12.7. The Balaban J connectivity index is 1.40. The lowest BCUT2D eigenvalue weighted by molar-refractivity contribution is -0.179. The number of carbonyl (C=O) groups is 1. The predicted molar refractivity (Wildman–Crippen MR) is 118 cm³/mol. The Labute approximate surface area is 184 Å². The van der Waals surface area contributed by atoms with Crippen molar-refractivity contribution in [3.8, 4) is 5.75 Å². The highest BCUT2D eigenvalue weighted by Crippen LogP contribution is 2.62. The van der Waals surface area contributed by atoms with Gasteiger partial charge in [0.25, 0.3) is 0 Å². The molecule has 1 heterocycles. The van der Waals surface area contributed by atoms with Crippen molar-refractivity contribution in [2.24, 2.45) is 23.2 Å². The molecule has 0 aromatic heterocycles. The van der Waals surface area contributed by atoms with Crippen LogP contribution in [0.4, 0.5) is 0 Å². The first kappa shape index (κ1) is 19.8. The van der Waals surface area contributed by atoms with Crippen LogP contribution in [-0.2, 0) is 14.3 Å². The zero-order chi connectivity index (χ0) is 21.2. The molecule has 3 fully saturated rings. The van der Waals surface area contributed by atoms with Crippen LogP contribution in [0, 0.1) is 23.2 Å². The fourth-order valence-electron chi connectivity index (χ4n) is 7.45. The SMILES string of the molecule is COc1ccc([C@@H]2CC3(CC4=CC[C@H]5C6=CCC(=O)[C@@]6(C)CC[C@@H]5[C@H]42)OCCO3)cc1. The molecule has 1 aromatic rings. The first-order valence-corrected chi connectivity index (χ1v) is 11.9.